The third kappa shape index (κ3) is 3.14. The number of para-hydroxylation sites is 1. The smallest absolute Gasteiger partial charge is 0.242 e. The van der Waals surface area contributed by atoms with Gasteiger partial charge in [-0.1, -0.05) is 18.2 Å². The molecule has 0 saturated carbocycles. The molecule has 0 atom stereocenters. The van der Waals surface area contributed by atoms with E-state index in [2.05, 4.69) is 18.0 Å². The molecule has 0 unspecified atom stereocenters. The minimum atomic E-state index is 0.0538. The van der Waals surface area contributed by atoms with Crippen molar-refractivity contribution in [2.45, 2.75) is 19.3 Å². The van der Waals surface area contributed by atoms with E-state index < -0.39 is 0 Å². The molecule has 3 rings (SSSR count). The van der Waals surface area contributed by atoms with Gasteiger partial charge in [0.1, 0.15) is 6.54 Å². The minimum absolute atomic E-state index is 0.0538. The number of benzene rings is 1. The summed E-state index contributed by atoms with van der Waals surface area (Å²) in [5, 5.41) is 0. The van der Waals surface area contributed by atoms with Crippen LogP contribution in [0.1, 0.15) is 18.4 Å². The van der Waals surface area contributed by atoms with Crippen molar-refractivity contribution in [2.75, 3.05) is 44.7 Å². The number of hydrogen-bond donors (Lipinski definition) is 0. The zero-order valence-electron chi connectivity index (χ0n) is 13.1. The molecule has 22 heavy (non-hydrogen) atoms. The van der Waals surface area contributed by atoms with Crippen molar-refractivity contribution >= 4 is 17.5 Å². The van der Waals surface area contributed by atoms with E-state index in [1.807, 2.05) is 23.1 Å². The van der Waals surface area contributed by atoms with Crippen LogP contribution < -0.4 is 4.90 Å². The molecule has 5 nitrogen and oxygen atoms in total. The molecule has 2 aliphatic heterocycles. The average molecular weight is 301 g/mol. The fourth-order valence-electron chi connectivity index (χ4n) is 3.15. The summed E-state index contributed by atoms with van der Waals surface area (Å²) in [4.78, 5) is 30.7. The van der Waals surface area contributed by atoms with Crippen LogP contribution in [0, 0.1) is 0 Å². The molecule has 2 aliphatic rings. The molecule has 118 valence electrons. The summed E-state index contributed by atoms with van der Waals surface area (Å²) in [7, 11) is 2.07. The maximum Gasteiger partial charge on any atom is 0.242 e. The van der Waals surface area contributed by atoms with Crippen LogP contribution in [0.15, 0.2) is 24.3 Å². The maximum atomic E-state index is 12.6. The van der Waals surface area contributed by atoms with Crippen LogP contribution in [0.4, 0.5) is 5.69 Å². The van der Waals surface area contributed by atoms with Crippen molar-refractivity contribution in [1.82, 2.24) is 9.80 Å². The third-order valence-corrected chi connectivity index (χ3v) is 4.57. The van der Waals surface area contributed by atoms with E-state index in [-0.39, 0.29) is 18.4 Å². The molecule has 0 aromatic heterocycles. The molecule has 1 saturated heterocycles. The predicted octanol–water partition coefficient (Wildman–Crippen LogP) is 1.13. The fraction of sp³-hybridized carbons (Fsp3) is 0.529. The number of rotatable bonds is 2. The number of fused-ring (bicyclic) bond motifs is 1. The third-order valence-electron chi connectivity index (χ3n) is 4.57. The Kier molecular flexibility index (Phi) is 4.43. The van der Waals surface area contributed by atoms with Gasteiger partial charge in [0.05, 0.1) is 0 Å². The first kappa shape index (κ1) is 15.0. The molecule has 0 N–H and O–H groups in total. The van der Waals surface area contributed by atoms with Crippen LogP contribution in [0.3, 0.4) is 0 Å². The summed E-state index contributed by atoms with van der Waals surface area (Å²) in [5.74, 6) is 0.116. The monoisotopic (exact) mass is 301 g/mol. The van der Waals surface area contributed by atoms with E-state index in [1.165, 1.54) is 5.56 Å². The summed E-state index contributed by atoms with van der Waals surface area (Å²) in [6.45, 7) is 3.46. The Hall–Kier alpha value is -1.88. The van der Waals surface area contributed by atoms with Crippen LogP contribution in [-0.4, -0.2) is 61.4 Å². The first-order valence-corrected chi connectivity index (χ1v) is 8.00. The second-order valence-corrected chi connectivity index (χ2v) is 6.15. The normalized spacial score (nSPS) is 19.8. The number of nitrogens with zero attached hydrogens (tertiary/aromatic N) is 3. The van der Waals surface area contributed by atoms with Crippen molar-refractivity contribution in [3.05, 3.63) is 29.8 Å². The summed E-state index contributed by atoms with van der Waals surface area (Å²) < 4.78 is 0. The Morgan fingerprint density at radius 1 is 1.09 bits per heavy atom. The molecule has 0 aliphatic carbocycles. The molecule has 5 heteroatoms. The summed E-state index contributed by atoms with van der Waals surface area (Å²) in [6, 6.07) is 7.94. The van der Waals surface area contributed by atoms with E-state index >= 15 is 0 Å². The highest BCUT2D eigenvalue weighted by Crippen LogP contribution is 2.26. The van der Waals surface area contributed by atoms with Crippen molar-refractivity contribution in [3.8, 4) is 0 Å². The lowest BCUT2D eigenvalue weighted by atomic mass is 10.1. The zero-order chi connectivity index (χ0) is 15.5. The van der Waals surface area contributed by atoms with Crippen molar-refractivity contribution < 1.29 is 9.59 Å². The lowest BCUT2D eigenvalue weighted by molar-refractivity contribution is -0.132. The van der Waals surface area contributed by atoms with E-state index in [0.717, 1.165) is 44.7 Å². The SMILES string of the molecule is CN1CCN(C(=O)CN2C(=O)CCCc3ccccc32)CC1. The fourth-order valence-corrected chi connectivity index (χ4v) is 3.15. The van der Waals surface area contributed by atoms with Gasteiger partial charge in [-0.05, 0) is 31.5 Å². The average Bonchev–Trinajstić information content (AvgIpc) is 2.68. The van der Waals surface area contributed by atoms with E-state index in [9.17, 15) is 9.59 Å². The number of amides is 2. The molecule has 2 heterocycles. The highest BCUT2D eigenvalue weighted by atomic mass is 16.2. The van der Waals surface area contributed by atoms with Crippen LogP contribution in [0.5, 0.6) is 0 Å². The van der Waals surface area contributed by atoms with E-state index in [4.69, 9.17) is 0 Å². The highest BCUT2D eigenvalue weighted by Gasteiger charge is 2.27. The molecule has 0 radical (unpaired) electrons. The second kappa shape index (κ2) is 6.48. The molecular weight excluding hydrogens is 278 g/mol. The number of anilines is 1. The largest absolute Gasteiger partial charge is 0.339 e. The summed E-state index contributed by atoms with van der Waals surface area (Å²) in [6.07, 6.45) is 2.28. The summed E-state index contributed by atoms with van der Waals surface area (Å²) >= 11 is 0. The van der Waals surface area contributed by atoms with E-state index in [0.29, 0.717) is 6.42 Å². The van der Waals surface area contributed by atoms with Crippen LogP contribution in [-0.2, 0) is 16.0 Å². The Morgan fingerprint density at radius 3 is 2.59 bits per heavy atom. The highest BCUT2D eigenvalue weighted by molar-refractivity contribution is 5.99. The van der Waals surface area contributed by atoms with Gasteiger partial charge in [-0.3, -0.25) is 9.59 Å². The number of likely N-dealkylation sites (N-methyl/N-ethyl adjacent to an activating group) is 1. The molecule has 0 spiro atoms. The first-order valence-electron chi connectivity index (χ1n) is 8.00. The number of piperazine rings is 1. The zero-order valence-corrected chi connectivity index (χ0v) is 13.1. The van der Waals surface area contributed by atoms with Crippen molar-refractivity contribution in [2.24, 2.45) is 0 Å². The van der Waals surface area contributed by atoms with Gasteiger partial charge in [-0.2, -0.15) is 0 Å². The molecule has 1 aromatic rings. The van der Waals surface area contributed by atoms with Gasteiger partial charge >= 0.3 is 0 Å². The van der Waals surface area contributed by atoms with Gasteiger partial charge in [-0.25, -0.2) is 0 Å². The van der Waals surface area contributed by atoms with Crippen LogP contribution >= 0.6 is 0 Å². The minimum Gasteiger partial charge on any atom is -0.339 e. The van der Waals surface area contributed by atoms with Crippen molar-refractivity contribution in [1.29, 1.82) is 0 Å². The van der Waals surface area contributed by atoms with Gasteiger partial charge in [0.2, 0.25) is 11.8 Å². The second-order valence-electron chi connectivity index (χ2n) is 6.15. The van der Waals surface area contributed by atoms with Crippen LogP contribution in [0.2, 0.25) is 0 Å². The quantitative estimate of drug-likeness (QED) is 0.822. The van der Waals surface area contributed by atoms with Gasteiger partial charge in [-0.15, -0.1) is 0 Å². The predicted molar refractivity (Wildman–Crippen MR) is 85.8 cm³/mol. The van der Waals surface area contributed by atoms with Gasteiger partial charge in [0, 0.05) is 38.3 Å². The number of carbonyl (C=O) groups excluding carboxylic acids is 2. The van der Waals surface area contributed by atoms with Crippen LogP contribution in [0.25, 0.3) is 0 Å². The maximum absolute atomic E-state index is 12.6. The lowest BCUT2D eigenvalue weighted by Gasteiger charge is -2.34. The Labute approximate surface area is 131 Å². The molecular formula is C17H23N3O2. The topological polar surface area (TPSA) is 43.9 Å². The molecule has 0 bridgehead atoms. The molecule has 2 amide bonds. The standard InChI is InChI=1S/C17H23N3O2/c1-18-9-11-19(12-10-18)17(22)13-20-15-7-3-2-5-14(15)6-4-8-16(20)21/h2-3,5,7H,4,6,8-13H2,1H3. The van der Waals surface area contributed by atoms with Crippen molar-refractivity contribution in [3.63, 3.8) is 0 Å². The summed E-state index contributed by atoms with van der Waals surface area (Å²) in [5.41, 5.74) is 2.08. The lowest BCUT2D eigenvalue weighted by Crippen LogP contribution is -2.50. The Balaban J connectivity index is 1.75. The number of hydrogen-bond acceptors (Lipinski definition) is 3. The Morgan fingerprint density at radius 2 is 1.82 bits per heavy atom. The van der Waals surface area contributed by atoms with Gasteiger partial charge < -0.3 is 14.7 Å². The molecule has 1 fully saturated rings. The number of carbonyl (C=O) groups is 2. The first-order chi connectivity index (χ1) is 10.6. The Bertz CT molecular complexity index is 565. The molecule has 1 aromatic carbocycles. The van der Waals surface area contributed by atoms with Gasteiger partial charge in [0.15, 0.2) is 0 Å². The van der Waals surface area contributed by atoms with E-state index in [1.54, 1.807) is 4.90 Å². The number of aryl methyl sites for hydroxylation is 1. The van der Waals surface area contributed by atoms with Gasteiger partial charge in [0.25, 0.3) is 0 Å².